The van der Waals surface area contributed by atoms with Gasteiger partial charge in [-0.3, -0.25) is 0 Å². The minimum Gasteiger partial charge on any atom is -0.343 e. The summed E-state index contributed by atoms with van der Waals surface area (Å²) in [6, 6.07) is 26.0. The number of halogens is 2. The largest absolute Gasteiger partial charge is 0.343 e. The van der Waals surface area contributed by atoms with Crippen LogP contribution in [0.2, 0.25) is 10.0 Å². The zero-order valence-corrected chi connectivity index (χ0v) is 15.7. The third-order valence-electron chi connectivity index (χ3n) is 4.41. The zero-order valence-electron chi connectivity index (χ0n) is 14.2. The van der Waals surface area contributed by atoms with Gasteiger partial charge in [-0.25, -0.2) is 4.98 Å². The van der Waals surface area contributed by atoms with Gasteiger partial charge in [-0.2, -0.15) is 0 Å². The molecule has 26 heavy (non-hydrogen) atoms. The lowest BCUT2D eigenvalue weighted by atomic mass is 10.1. The summed E-state index contributed by atoms with van der Waals surface area (Å²) >= 11 is 12.4. The number of para-hydroxylation sites is 2. The van der Waals surface area contributed by atoms with Gasteiger partial charge in [-0.1, -0.05) is 59.6 Å². The van der Waals surface area contributed by atoms with E-state index in [1.807, 2.05) is 49.5 Å². The van der Waals surface area contributed by atoms with E-state index in [0.29, 0.717) is 10.0 Å². The maximum Gasteiger partial charge on any atom is 0.0946 e. The molecule has 0 aliphatic heterocycles. The molecule has 0 atom stereocenters. The monoisotopic (exact) mass is 378 g/mol. The molecule has 0 unspecified atom stereocenters. The summed E-state index contributed by atoms with van der Waals surface area (Å²) in [5.74, 6) is 0. The number of rotatable bonds is 3. The number of benzene rings is 3. The molecule has 128 valence electrons. The van der Waals surface area contributed by atoms with Gasteiger partial charge in [0.05, 0.1) is 21.9 Å². The summed E-state index contributed by atoms with van der Waals surface area (Å²) < 4.78 is 0. The van der Waals surface area contributed by atoms with Crippen LogP contribution in [-0.2, 0) is 0 Å². The van der Waals surface area contributed by atoms with E-state index in [1.165, 1.54) is 0 Å². The number of aromatic nitrogens is 1. The predicted molar refractivity (Wildman–Crippen MR) is 112 cm³/mol. The van der Waals surface area contributed by atoms with Crippen LogP contribution in [0.4, 0.5) is 11.4 Å². The molecule has 0 aliphatic carbocycles. The summed E-state index contributed by atoms with van der Waals surface area (Å²) in [5, 5.41) is 2.29. The van der Waals surface area contributed by atoms with Crippen LogP contribution in [-0.4, -0.2) is 12.0 Å². The minimum absolute atomic E-state index is 0.596. The molecule has 1 aromatic heterocycles. The second-order valence-corrected chi connectivity index (χ2v) is 6.91. The van der Waals surface area contributed by atoms with E-state index >= 15 is 0 Å². The number of hydrogen-bond acceptors (Lipinski definition) is 2. The molecule has 0 saturated heterocycles. The van der Waals surface area contributed by atoms with Gasteiger partial charge >= 0.3 is 0 Å². The highest BCUT2D eigenvalue weighted by atomic mass is 35.5. The molecule has 4 aromatic rings. The van der Waals surface area contributed by atoms with Crippen LogP contribution >= 0.6 is 23.2 Å². The Balaban J connectivity index is 1.87. The first-order valence-electron chi connectivity index (χ1n) is 8.27. The highest BCUT2D eigenvalue weighted by Crippen LogP contribution is 2.34. The molecule has 4 heteroatoms. The Bertz CT molecular complexity index is 1080. The van der Waals surface area contributed by atoms with E-state index in [1.54, 1.807) is 6.07 Å². The van der Waals surface area contributed by atoms with Crippen molar-refractivity contribution in [1.29, 1.82) is 0 Å². The fourth-order valence-electron chi connectivity index (χ4n) is 3.04. The highest BCUT2D eigenvalue weighted by Gasteiger charge is 2.12. The second kappa shape index (κ2) is 6.99. The quantitative estimate of drug-likeness (QED) is 0.382. The van der Waals surface area contributed by atoms with Crippen LogP contribution in [0.3, 0.4) is 0 Å². The van der Waals surface area contributed by atoms with Gasteiger partial charge < -0.3 is 4.90 Å². The number of anilines is 2. The third kappa shape index (κ3) is 3.14. The molecule has 3 aromatic carbocycles. The third-order valence-corrected chi connectivity index (χ3v) is 4.96. The molecule has 0 N–H and O–H groups in total. The molecule has 0 aliphatic rings. The Morgan fingerprint density at radius 1 is 0.808 bits per heavy atom. The maximum atomic E-state index is 6.38. The van der Waals surface area contributed by atoms with Gasteiger partial charge in [0.25, 0.3) is 0 Å². The molecule has 4 rings (SSSR count). The Morgan fingerprint density at radius 3 is 2.38 bits per heavy atom. The zero-order chi connectivity index (χ0) is 18.1. The smallest absolute Gasteiger partial charge is 0.0946 e. The van der Waals surface area contributed by atoms with Crippen molar-refractivity contribution in [1.82, 2.24) is 4.98 Å². The van der Waals surface area contributed by atoms with Crippen LogP contribution in [0.25, 0.3) is 22.2 Å². The average Bonchev–Trinajstić information content (AvgIpc) is 2.67. The van der Waals surface area contributed by atoms with Crippen molar-refractivity contribution in [3.63, 3.8) is 0 Å². The SMILES string of the molecule is CN(c1ccccc1)c1cccc2ccc(-c3ccc(Cl)cc3Cl)nc12. The van der Waals surface area contributed by atoms with E-state index in [2.05, 4.69) is 35.2 Å². The van der Waals surface area contributed by atoms with E-state index < -0.39 is 0 Å². The average molecular weight is 379 g/mol. The lowest BCUT2D eigenvalue weighted by molar-refractivity contribution is 1.21. The van der Waals surface area contributed by atoms with Crippen molar-refractivity contribution in [2.75, 3.05) is 11.9 Å². The molecular weight excluding hydrogens is 363 g/mol. The number of nitrogens with zero attached hydrogens (tertiary/aromatic N) is 2. The first-order chi connectivity index (χ1) is 12.6. The normalized spacial score (nSPS) is 10.9. The summed E-state index contributed by atoms with van der Waals surface area (Å²) in [7, 11) is 2.05. The van der Waals surface area contributed by atoms with E-state index in [4.69, 9.17) is 28.2 Å². The molecular formula is C22H16Cl2N2. The van der Waals surface area contributed by atoms with Gasteiger partial charge in [-0.15, -0.1) is 0 Å². The second-order valence-electron chi connectivity index (χ2n) is 6.06. The van der Waals surface area contributed by atoms with Crippen LogP contribution in [0.5, 0.6) is 0 Å². The summed E-state index contributed by atoms with van der Waals surface area (Å²) in [4.78, 5) is 7.05. The summed E-state index contributed by atoms with van der Waals surface area (Å²) in [5.41, 5.74) is 4.78. The summed E-state index contributed by atoms with van der Waals surface area (Å²) in [6.07, 6.45) is 0. The molecule has 1 heterocycles. The van der Waals surface area contributed by atoms with Gasteiger partial charge in [-0.05, 0) is 42.5 Å². The van der Waals surface area contributed by atoms with Crippen molar-refractivity contribution in [3.8, 4) is 11.3 Å². The van der Waals surface area contributed by atoms with Crippen molar-refractivity contribution in [3.05, 3.63) is 88.9 Å². The van der Waals surface area contributed by atoms with Crippen molar-refractivity contribution in [2.45, 2.75) is 0 Å². The summed E-state index contributed by atoms with van der Waals surface area (Å²) in [6.45, 7) is 0. The molecule has 0 fully saturated rings. The standard InChI is InChI=1S/C22H16Cl2N2/c1-26(17-7-3-2-4-8-17)21-9-5-6-15-10-13-20(25-22(15)21)18-12-11-16(23)14-19(18)24/h2-14H,1H3. The van der Waals surface area contributed by atoms with Gasteiger partial charge in [0.15, 0.2) is 0 Å². The minimum atomic E-state index is 0.596. The fourth-order valence-corrected chi connectivity index (χ4v) is 3.55. The Kier molecular flexibility index (Phi) is 4.54. The van der Waals surface area contributed by atoms with E-state index in [-0.39, 0.29) is 0 Å². The van der Waals surface area contributed by atoms with E-state index in [9.17, 15) is 0 Å². The lowest BCUT2D eigenvalue weighted by Crippen LogP contribution is -2.10. The van der Waals surface area contributed by atoms with Crippen molar-refractivity contribution >= 4 is 45.5 Å². The molecule has 2 nitrogen and oxygen atoms in total. The van der Waals surface area contributed by atoms with E-state index in [0.717, 1.165) is 33.5 Å². The first-order valence-corrected chi connectivity index (χ1v) is 9.03. The van der Waals surface area contributed by atoms with Gasteiger partial charge in [0.2, 0.25) is 0 Å². The molecule has 0 bridgehead atoms. The molecule has 0 amide bonds. The predicted octanol–water partition coefficient (Wildman–Crippen LogP) is 6.98. The van der Waals surface area contributed by atoms with Gasteiger partial charge in [0.1, 0.15) is 0 Å². The van der Waals surface area contributed by atoms with Crippen molar-refractivity contribution in [2.24, 2.45) is 0 Å². The highest BCUT2D eigenvalue weighted by molar-refractivity contribution is 6.36. The van der Waals surface area contributed by atoms with Crippen LogP contribution in [0, 0.1) is 0 Å². The van der Waals surface area contributed by atoms with Crippen LogP contribution < -0.4 is 4.90 Å². The maximum absolute atomic E-state index is 6.38. The molecule has 0 spiro atoms. The first kappa shape index (κ1) is 16.9. The molecule has 0 saturated carbocycles. The topological polar surface area (TPSA) is 16.1 Å². The van der Waals surface area contributed by atoms with Gasteiger partial charge in [0, 0.05) is 28.7 Å². The Hall–Kier alpha value is -2.55. The number of fused-ring (bicyclic) bond motifs is 1. The number of pyridine rings is 1. The fraction of sp³-hybridized carbons (Fsp3) is 0.0455. The van der Waals surface area contributed by atoms with Crippen LogP contribution in [0.1, 0.15) is 0 Å². The Labute approximate surface area is 162 Å². The number of hydrogen-bond donors (Lipinski definition) is 0. The van der Waals surface area contributed by atoms with Crippen LogP contribution in [0.15, 0.2) is 78.9 Å². The Morgan fingerprint density at radius 2 is 1.62 bits per heavy atom. The van der Waals surface area contributed by atoms with Crippen molar-refractivity contribution < 1.29 is 0 Å². The molecule has 0 radical (unpaired) electrons. The lowest BCUT2D eigenvalue weighted by Gasteiger charge is -2.21.